The minimum Gasteiger partial charge on any atom is -0.396 e. The highest BCUT2D eigenvalue weighted by Crippen LogP contribution is 2.31. The summed E-state index contributed by atoms with van der Waals surface area (Å²) in [5.74, 6) is -0.414. The number of hydrogen-bond acceptors (Lipinski definition) is 6. The van der Waals surface area contributed by atoms with E-state index < -0.39 is 18.6 Å². The van der Waals surface area contributed by atoms with Gasteiger partial charge in [-0.2, -0.15) is 0 Å². The number of rotatable bonds is 5. The van der Waals surface area contributed by atoms with Crippen LogP contribution < -0.4 is 16.6 Å². The molecule has 0 fully saturated rings. The van der Waals surface area contributed by atoms with Gasteiger partial charge in [0.25, 0.3) is 11.5 Å². The molecule has 2 heterocycles. The van der Waals surface area contributed by atoms with Crippen molar-refractivity contribution in [1.29, 1.82) is 0 Å². The minimum absolute atomic E-state index is 0.0718. The zero-order valence-electron chi connectivity index (χ0n) is 15.3. The standard InChI is InChI=1S/C20H19N5O4/c21-16-12-7-10(19(28)22-8-11(27)9-26)5-6-13(12)23-17(16)18-20(29)25-15-4-2-1-3-14(15)24-18/h1-7,11,23,26-27H,8-9,21H2,(H,22,28)(H,25,29). The number of aromatic nitrogens is 3. The second-order valence-corrected chi connectivity index (χ2v) is 6.65. The fourth-order valence-corrected chi connectivity index (χ4v) is 3.12. The van der Waals surface area contributed by atoms with E-state index >= 15 is 0 Å². The van der Waals surface area contributed by atoms with Crippen LogP contribution in [0.4, 0.5) is 5.69 Å². The maximum absolute atomic E-state index is 12.5. The molecule has 0 aliphatic heterocycles. The molecular formula is C20H19N5O4. The molecule has 0 bridgehead atoms. The molecule has 0 saturated heterocycles. The van der Waals surface area contributed by atoms with E-state index in [1.165, 1.54) is 0 Å². The van der Waals surface area contributed by atoms with Crippen molar-refractivity contribution in [2.75, 3.05) is 18.9 Å². The molecule has 0 radical (unpaired) electrons. The third kappa shape index (κ3) is 3.44. The van der Waals surface area contributed by atoms with E-state index in [9.17, 15) is 14.7 Å². The molecule has 2 aromatic heterocycles. The molecule has 1 amide bonds. The zero-order chi connectivity index (χ0) is 20.5. The van der Waals surface area contributed by atoms with E-state index in [1.54, 1.807) is 30.3 Å². The number of hydrogen-bond donors (Lipinski definition) is 6. The van der Waals surface area contributed by atoms with Gasteiger partial charge >= 0.3 is 0 Å². The lowest BCUT2D eigenvalue weighted by atomic mass is 10.1. The lowest BCUT2D eigenvalue weighted by Crippen LogP contribution is -2.33. The first-order valence-corrected chi connectivity index (χ1v) is 8.95. The van der Waals surface area contributed by atoms with Gasteiger partial charge < -0.3 is 31.2 Å². The van der Waals surface area contributed by atoms with Gasteiger partial charge in [-0.25, -0.2) is 4.98 Å². The third-order valence-electron chi connectivity index (χ3n) is 4.65. The van der Waals surface area contributed by atoms with Crippen molar-refractivity contribution in [2.45, 2.75) is 6.10 Å². The van der Waals surface area contributed by atoms with Crippen molar-refractivity contribution < 1.29 is 15.0 Å². The molecule has 2 aromatic carbocycles. The molecule has 0 saturated carbocycles. The maximum atomic E-state index is 12.5. The van der Waals surface area contributed by atoms with Crippen LogP contribution >= 0.6 is 0 Å². The Kier molecular flexibility index (Phi) is 4.75. The SMILES string of the molecule is Nc1c(-c2nc3ccccc3[nH]c2=O)[nH]c2ccc(C(=O)NCC(O)CO)cc12. The Morgan fingerprint density at radius 1 is 1.17 bits per heavy atom. The van der Waals surface area contributed by atoms with Crippen molar-refractivity contribution in [1.82, 2.24) is 20.3 Å². The number of amides is 1. The second-order valence-electron chi connectivity index (χ2n) is 6.65. The topological polar surface area (TPSA) is 157 Å². The number of nitrogens with two attached hydrogens (primary N) is 1. The Morgan fingerprint density at radius 3 is 2.76 bits per heavy atom. The number of anilines is 1. The predicted molar refractivity (Wildman–Crippen MR) is 109 cm³/mol. The van der Waals surface area contributed by atoms with Crippen LogP contribution in [-0.4, -0.2) is 50.3 Å². The van der Waals surface area contributed by atoms with E-state index in [-0.39, 0.29) is 17.8 Å². The van der Waals surface area contributed by atoms with E-state index in [1.807, 2.05) is 12.1 Å². The molecule has 1 atom stereocenters. The van der Waals surface area contributed by atoms with Crippen LogP contribution in [0.15, 0.2) is 47.3 Å². The number of H-pyrrole nitrogens is 2. The maximum Gasteiger partial charge on any atom is 0.276 e. The summed E-state index contributed by atoms with van der Waals surface area (Å²) in [4.78, 5) is 35.1. The largest absolute Gasteiger partial charge is 0.396 e. The van der Waals surface area contributed by atoms with E-state index in [0.717, 1.165) is 0 Å². The minimum atomic E-state index is -1.03. The Hall–Kier alpha value is -3.69. The van der Waals surface area contributed by atoms with E-state index in [4.69, 9.17) is 10.8 Å². The molecule has 7 N–H and O–H groups in total. The first kappa shape index (κ1) is 18.7. The first-order chi connectivity index (χ1) is 14.0. The number of nitrogens with one attached hydrogen (secondary N) is 3. The monoisotopic (exact) mass is 393 g/mol. The molecule has 0 spiro atoms. The zero-order valence-corrected chi connectivity index (χ0v) is 15.3. The van der Waals surface area contributed by atoms with Gasteiger partial charge in [-0.15, -0.1) is 0 Å². The highest BCUT2D eigenvalue weighted by molar-refractivity contribution is 6.04. The summed E-state index contributed by atoms with van der Waals surface area (Å²) < 4.78 is 0. The second kappa shape index (κ2) is 7.38. The third-order valence-corrected chi connectivity index (χ3v) is 4.65. The Bertz CT molecular complexity index is 1280. The quantitative estimate of drug-likeness (QED) is 0.293. The van der Waals surface area contributed by atoms with Crippen LogP contribution in [0.1, 0.15) is 10.4 Å². The normalized spacial score (nSPS) is 12.3. The summed E-state index contributed by atoms with van der Waals surface area (Å²) in [5.41, 5.74) is 8.97. The van der Waals surface area contributed by atoms with Crippen LogP contribution in [0.3, 0.4) is 0 Å². The average molecular weight is 393 g/mol. The summed E-state index contributed by atoms with van der Waals surface area (Å²) in [6, 6.07) is 12.1. The molecule has 4 rings (SSSR count). The molecule has 0 aliphatic rings. The van der Waals surface area contributed by atoms with Crippen molar-refractivity contribution in [2.24, 2.45) is 0 Å². The van der Waals surface area contributed by atoms with Crippen molar-refractivity contribution in [3.05, 3.63) is 58.4 Å². The number of fused-ring (bicyclic) bond motifs is 2. The number of carbonyl (C=O) groups excluding carboxylic acids is 1. The summed E-state index contributed by atoms with van der Waals surface area (Å²) in [7, 11) is 0. The Morgan fingerprint density at radius 2 is 1.97 bits per heavy atom. The molecule has 148 valence electrons. The van der Waals surface area contributed by atoms with Gasteiger partial charge in [0.1, 0.15) is 0 Å². The molecule has 9 heteroatoms. The number of aliphatic hydroxyl groups is 2. The van der Waals surface area contributed by atoms with Gasteiger partial charge in [-0.1, -0.05) is 12.1 Å². The van der Waals surface area contributed by atoms with Crippen LogP contribution in [0, 0.1) is 0 Å². The first-order valence-electron chi connectivity index (χ1n) is 8.95. The summed E-state index contributed by atoms with van der Waals surface area (Å²) in [6.45, 7) is -0.516. The van der Waals surface area contributed by atoms with Gasteiger partial charge in [0, 0.05) is 23.0 Å². The summed E-state index contributed by atoms with van der Waals surface area (Å²) in [6.07, 6.45) is -1.03. The Balaban J connectivity index is 1.74. The van der Waals surface area contributed by atoms with Gasteiger partial charge in [0.05, 0.1) is 35.1 Å². The number of carbonyl (C=O) groups is 1. The van der Waals surface area contributed by atoms with Crippen LogP contribution in [-0.2, 0) is 0 Å². The van der Waals surface area contributed by atoms with Crippen LogP contribution in [0.25, 0.3) is 33.3 Å². The van der Waals surface area contributed by atoms with Gasteiger partial charge in [-0.05, 0) is 30.3 Å². The van der Waals surface area contributed by atoms with E-state index in [2.05, 4.69) is 20.3 Å². The lowest BCUT2D eigenvalue weighted by Gasteiger charge is -2.09. The highest BCUT2D eigenvalue weighted by atomic mass is 16.3. The smallest absolute Gasteiger partial charge is 0.276 e. The van der Waals surface area contributed by atoms with Gasteiger partial charge in [-0.3, -0.25) is 9.59 Å². The van der Waals surface area contributed by atoms with Gasteiger partial charge in [0.15, 0.2) is 5.69 Å². The van der Waals surface area contributed by atoms with Crippen molar-refractivity contribution in [3.63, 3.8) is 0 Å². The van der Waals surface area contributed by atoms with Crippen LogP contribution in [0.5, 0.6) is 0 Å². The predicted octanol–water partition coefficient (Wildman–Crippen LogP) is 0.737. The fraction of sp³-hybridized carbons (Fsp3) is 0.150. The molecule has 1 unspecified atom stereocenters. The molecule has 29 heavy (non-hydrogen) atoms. The number of aliphatic hydroxyl groups excluding tert-OH is 2. The summed E-state index contributed by atoms with van der Waals surface area (Å²) >= 11 is 0. The lowest BCUT2D eigenvalue weighted by molar-refractivity contribution is 0.0802. The number of benzene rings is 2. The molecule has 9 nitrogen and oxygen atoms in total. The molecule has 0 aliphatic carbocycles. The summed E-state index contributed by atoms with van der Waals surface area (Å²) in [5, 5.41) is 21.3. The Labute approximate surface area is 164 Å². The number of aromatic amines is 2. The number of nitrogens with zero attached hydrogens (tertiary/aromatic N) is 1. The van der Waals surface area contributed by atoms with E-state index in [0.29, 0.717) is 38.9 Å². The fourth-order valence-electron chi connectivity index (χ4n) is 3.12. The number of nitrogen functional groups attached to an aromatic ring is 1. The average Bonchev–Trinajstić information content (AvgIpc) is 3.06. The van der Waals surface area contributed by atoms with Crippen molar-refractivity contribution >= 4 is 33.5 Å². The molecule has 4 aromatic rings. The van der Waals surface area contributed by atoms with Crippen LogP contribution in [0.2, 0.25) is 0 Å². The van der Waals surface area contributed by atoms with Crippen molar-refractivity contribution in [3.8, 4) is 11.4 Å². The molecular weight excluding hydrogens is 374 g/mol. The number of para-hydroxylation sites is 2. The highest BCUT2D eigenvalue weighted by Gasteiger charge is 2.17. The van der Waals surface area contributed by atoms with Gasteiger partial charge in [0.2, 0.25) is 0 Å².